The third-order valence-corrected chi connectivity index (χ3v) is 4.29. The van der Waals surface area contributed by atoms with E-state index in [1.165, 1.54) is 7.05 Å². The minimum absolute atomic E-state index is 0.146. The first-order valence-corrected chi connectivity index (χ1v) is 7.12. The number of hydroxylamine groups is 1. The van der Waals surface area contributed by atoms with Crippen LogP contribution in [0.3, 0.4) is 0 Å². The van der Waals surface area contributed by atoms with Crippen LogP contribution in [0.5, 0.6) is 0 Å². The van der Waals surface area contributed by atoms with E-state index in [9.17, 15) is 13.2 Å². The molecule has 0 saturated carbocycles. The Morgan fingerprint density at radius 2 is 2.16 bits per heavy atom. The fraction of sp³-hybridized carbons (Fsp3) is 0.364. The minimum Gasteiger partial charge on any atom is -0.366 e. The number of benzene rings is 1. The number of carbonyl (C=O) groups excluding carboxylic acids is 1. The van der Waals surface area contributed by atoms with Crippen LogP contribution in [0.25, 0.3) is 0 Å². The quantitative estimate of drug-likeness (QED) is 0.784. The first-order valence-electron chi connectivity index (χ1n) is 5.68. The summed E-state index contributed by atoms with van der Waals surface area (Å²) in [5.41, 5.74) is 6.39. The molecule has 1 aromatic carbocycles. The number of nitrogens with one attached hydrogen (secondary N) is 1. The molecule has 7 nitrogen and oxygen atoms in total. The standard InChI is InChI=1S/C11H15N3O4S/c1-13-19(16,17)14-6-8(7-18-14)9-4-2-3-5-10(9)11(12)15/h2-5,8,13H,6-7H2,1H3,(H2,12,15)/t8-/m1/s1. The van der Waals surface area contributed by atoms with Gasteiger partial charge in [0.15, 0.2) is 0 Å². The molecule has 0 aliphatic carbocycles. The normalized spacial score (nSPS) is 20.6. The smallest absolute Gasteiger partial charge is 0.301 e. The van der Waals surface area contributed by atoms with Crippen molar-refractivity contribution < 1.29 is 18.0 Å². The Balaban J connectivity index is 2.25. The van der Waals surface area contributed by atoms with E-state index in [4.69, 9.17) is 10.6 Å². The number of amides is 1. The molecular weight excluding hydrogens is 270 g/mol. The van der Waals surface area contributed by atoms with Crippen molar-refractivity contribution in [2.75, 3.05) is 20.2 Å². The molecule has 0 aromatic heterocycles. The number of hydrogen-bond donors (Lipinski definition) is 2. The van der Waals surface area contributed by atoms with Gasteiger partial charge in [0.05, 0.1) is 13.2 Å². The summed E-state index contributed by atoms with van der Waals surface area (Å²) in [6.45, 7) is 0.332. The Labute approximate surface area is 111 Å². The third kappa shape index (κ3) is 2.76. The Bertz CT molecular complexity index is 587. The monoisotopic (exact) mass is 285 g/mol. The average Bonchev–Trinajstić information content (AvgIpc) is 2.89. The molecule has 1 atom stereocenters. The van der Waals surface area contributed by atoms with Crippen LogP contribution in [-0.4, -0.2) is 39.0 Å². The lowest BCUT2D eigenvalue weighted by Crippen LogP contribution is -2.36. The van der Waals surface area contributed by atoms with Crippen molar-refractivity contribution in [3.8, 4) is 0 Å². The van der Waals surface area contributed by atoms with Crippen molar-refractivity contribution in [2.45, 2.75) is 5.92 Å². The number of carbonyl (C=O) groups is 1. The number of rotatable bonds is 4. The van der Waals surface area contributed by atoms with Crippen molar-refractivity contribution in [3.63, 3.8) is 0 Å². The van der Waals surface area contributed by atoms with Crippen molar-refractivity contribution in [1.29, 1.82) is 0 Å². The van der Waals surface area contributed by atoms with Crippen LogP contribution < -0.4 is 10.5 Å². The first kappa shape index (κ1) is 13.9. The van der Waals surface area contributed by atoms with Gasteiger partial charge in [-0.05, 0) is 11.6 Å². The fourth-order valence-corrected chi connectivity index (χ4v) is 2.77. The molecular formula is C11H15N3O4S. The molecule has 0 radical (unpaired) electrons. The van der Waals surface area contributed by atoms with Gasteiger partial charge in [0, 0.05) is 18.5 Å². The lowest BCUT2D eigenvalue weighted by atomic mass is 9.95. The SMILES string of the molecule is CNS(=O)(=O)N1C[C@@H](c2ccccc2C(N)=O)CO1. The molecule has 1 aliphatic heterocycles. The Morgan fingerprint density at radius 1 is 1.47 bits per heavy atom. The molecule has 0 bridgehead atoms. The van der Waals surface area contributed by atoms with E-state index < -0.39 is 16.1 Å². The molecule has 1 aliphatic rings. The molecule has 0 unspecified atom stereocenters. The van der Waals surface area contributed by atoms with Crippen LogP contribution >= 0.6 is 0 Å². The summed E-state index contributed by atoms with van der Waals surface area (Å²) >= 11 is 0. The number of primary amides is 1. The van der Waals surface area contributed by atoms with E-state index in [0.717, 1.165) is 4.47 Å². The highest BCUT2D eigenvalue weighted by Gasteiger charge is 2.34. The van der Waals surface area contributed by atoms with Crippen molar-refractivity contribution in [3.05, 3.63) is 35.4 Å². The number of nitrogens with two attached hydrogens (primary N) is 1. The Morgan fingerprint density at radius 3 is 2.79 bits per heavy atom. The van der Waals surface area contributed by atoms with Crippen LogP contribution in [0.2, 0.25) is 0 Å². The van der Waals surface area contributed by atoms with Crippen molar-refractivity contribution in [1.82, 2.24) is 9.19 Å². The van der Waals surface area contributed by atoms with Crippen LogP contribution in [0.15, 0.2) is 24.3 Å². The summed E-state index contributed by atoms with van der Waals surface area (Å²) in [6.07, 6.45) is 0. The van der Waals surface area contributed by atoms with E-state index in [1.807, 2.05) is 0 Å². The maximum Gasteiger partial charge on any atom is 0.301 e. The second-order valence-corrected chi connectivity index (χ2v) is 5.90. The van der Waals surface area contributed by atoms with Gasteiger partial charge in [-0.25, -0.2) is 4.72 Å². The maximum absolute atomic E-state index is 11.6. The first-order chi connectivity index (χ1) is 8.95. The lowest BCUT2D eigenvalue weighted by molar-refractivity contribution is -0.0298. The molecule has 0 spiro atoms. The summed E-state index contributed by atoms with van der Waals surface area (Å²) in [5.74, 6) is -0.752. The molecule has 1 saturated heterocycles. The molecule has 104 valence electrons. The largest absolute Gasteiger partial charge is 0.366 e. The Hall–Kier alpha value is -1.48. The van der Waals surface area contributed by atoms with Gasteiger partial charge >= 0.3 is 10.2 Å². The summed E-state index contributed by atoms with van der Waals surface area (Å²) in [6, 6.07) is 6.86. The maximum atomic E-state index is 11.6. The van der Waals surface area contributed by atoms with Crippen molar-refractivity contribution in [2.24, 2.45) is 5.73 Å². The van der Waals surface area contributed by atoms with Crippen LogP contribution in [0.4, 0.5) is 0 Å². The summed E-state index contributed by atoms with van der Waals surface area (Å²) in [5, 5.41) is 0. The van der Waals surface area contributed by atoms with Gasteiger partial charge in [-0.1, -0.05) is 22.7 Å². The molecule has 8 heteroatoms. The van der Waals surface area contributed by atoms with Gasteiger partial charge in [0.2, 0.25) is 5.91 Å². The molecule has 1 amide bonds. The van der Waals surface area contributed by atoms with E-state index in [-0.39, 0.29) is 19.1 Å². The van der Waals surface area contributed by atoms with E-state index in [2.05, 4.69) is 4.72 Å². The summed E-state index contributed by atoms with van der Waals surface area (Å²) in [4.78, 5) is 16.5. The van der Waals surface area contributed by atoms with E-state index in [1.54, 1.807) is 24.3 Å². The number of nitrogens with zero attached hydrogens (tertiary/aromatic N) is 1. The zero-order valence-electron chi connectivity index (χ0n) is 10.4. The third-order valence-electron chi connectivity index (χ3n) is 2.98. The fourth-order valence-electron chi connectivity index (χ4n) is 1.99. The van der Waals surface area contributed by atoms with Crippen LogP contribution in [-0.2, 0) is 15.0 Å². The molecule has 1 fully saturated rings. The van der Waals surface area contributed by atoms with Crippen molar-refractivity contribution >= 4 is 16.1 Å². The predicted molar refractivity (Wildman–Crippen MR) is 68.3 cm³/mol. The van der Waals surface area contributed by atoms with Gasteiger partial charge in [0.25, 0.3) is 0 Å². The molecule has 19 heavy (non-hydrogen) atoms. The second-order valence-electron chi connectivity index (χ2n) is 4.14. The molecule has 1 aromatic rings. The van der Waals surface area contributed by atoms with Crippen LogP contribution in [0, 0.1) is 0 Å². The van der Waals surface area contributed by atoms with Gasteiger partial charge in [-0.3, -0.25) is 9.63 Å². The zero-order chi connectivity index (χ0) is 14.0. The van der Waals surface area contributed by atoms with Gasteiger partial charge in [-0.2, -0.15) is 8.42 Å². The Kier molecular flexibility index (Phi) is 3.85. The second kappa shape index (κ2) is 5.25. The van der Waals surface area contributed by atoms with Gasteiger partial charge < -0.3 is 5.73 Å². The molecule has 3 N–H and O–H groups in total. The highest BCUT2D eigenvalue weighted by atomic mass is 32.2. The highest BCUT2D eigenvalue weighted by Crippen LogP contribution is 2.27. The van der Waals surface area contributed by atoms with Gasteiger partial charge in [0.1, 0.15) is 0 Å². The molecule has 1 heterocycles. The topological polar surface area (TPSA) is 102 Å². The van der Waals surface area contributed by atoms with Crippen LogP contribution in [0.1, 0.15) is 21.8 Å². The minimum atomic E-state index is -3.63. The predicted octanol–water partition coefficient (Wildman–Crippen LogP) is -0.419. The summed E-state index contributed by atoms with van der Waals surface area (Å²) < 4.78 is 26.2. The average molecular weight is 285 g/mol. The number of hydrogen-bond acceptors (Lipinski definition) is 4. The summed E-state index contributed by atoms with van der Waals surface area (Å²) in [7, 11) is -2.32. The molecule has 2 rings (SSSR count). The van der Waals surface area contributed by atoms with Gasteiger partial charge in [-0.15, -0.1) is 0 Å². The van der Waals surface area contributed by atoms with E-state index in [0.29, 0.717) is 11.1 Å². The highest BCUT2D eigenvalue weighted by molar-refractivity contribution is 7.87. The lowest BCUT2D eigenvalue weighted by Gasteiger charge is -2.14. The zero-order valence-corrected chi connectivity index (χ0v) is 11.2. The van der Waals surface area contributed by atoms with E-state index >= 15 is 0 Å².